The van der Waals surface area contributed by atoms with Gasteiger partial charge < -0.3 is 15.5 Å². The molecule has 1 fully saturated rings. The van der Waals surface area contributed by atoms with Gasteiger partial charge in [-0.3, -0.25) is 14.4 Å². The van der Waals surface area contributed by atoms with E-state index in [0.29, 0.717) is 20.5 Å². The molecule has 0 aliphatic carbocycles. The van der Waals surface area contributed by atoms with E-state index >= 15 is 0 Å². The van der Waals surface area contributed by atoms with Crippen molar-refractivity contribution in [3.8, 4) is 0 Å². The summed E-state index contributed by atoms with van der Waals surface area (Å²) >= 11 is 7.03. The number of carbonyl (C=O) groups is 3. The molecule has 8 heteroatoms. The van der Waals surface area contributed by atoms with Crippen molar-refractivity contribution in [2.75, 3.05) is 18.4 Å². The third-order valence-electron chi connectivity index (χ3n) is 5.15. The number of likely N-dealkylation sites (tertiary alicyclic amines) is 1. The van der Waals surface area contributed by atoms with E-state index in [4.69, 9.17) is 11.6 Å². The lowest BCUT2D eigenvalue weighted by molar-refractivity contribution is -0.120. The highest BCUT2D eigenvalue weighted by Gasteiger charge is 2.30. The van der Waals surface area contributed by atoms with Crippen LogP contribution in [-0.4, -0.2) is 41.2 Å². The van der Waals surface area contributed by atoms with E-state index in [9.17, 15) is 14.4 Å². The topological polar surface area (TPSA) is 78.5 Å². The number of piperidine rings is 1. The van der Waals surface area contributed by atoms with Gasteiger partial charge in [0.1, 0.15) is 5.54 Å². The number of hydrogen-bond acceptors (Lipinski definition) is 4. The van der Waals surface area contributed by atoms with Gasteiger partial charge in [-0.25, -0.2) is 0 Å². The van der Waals surface area contributed by atoms with Crippen molar-refractivity contribution in [2.24, 2.45) is 0 Å². The normalized spacial score (nSPS) is 14.3. The van der Waals surface area contributed by atoms with Gasteiger partial charge in [0.2, 0.25) is 5.91 Å². The molecule has 30 heavy (non-hydrogen) atoms. The van der Waals surface area contributed by atoms with Crippen LogP contribution < -0.4 is 10.6 Å². The Bertz CT molecular complexity index is 964. The third kappa shape index (κ3) is 5.21. The van der Waals surface area contributed by atoms with Gasteiger partial charge in [-0.05, 0) is 75.9 Å². The van der Waals surface area contributed by atoms with Crippen LogP contribution in [0.1, 0.15) is 58.7 Å². The largest absolute Gasteiger partial charge is 0.339 e. The van der Waals surface area contributed by atoms with E-state index in [2.05, 4.69) is 10.6 Å². The zero-order valence-electron chi connectivity index (χ0n) is 17.4. The molecular formula is C22H26ClN3O3S. The van der Waals surface area contributed by atoms with Crippen LogP contribution in [0.25, 0.3) is 0 Å². The van der Waals surface area contributed by atoms with Crippen LogP contribution in [0.15, 0.2) is 30.3 Å². The quantitative estimate of drug-likeness (QED) is 0.709. The summed E-state index contributed by atoms with van der Waals surface area (Å²) in [4.78, 5) is 40.2. The van der Waals surface area contributed by atoms with E-state index in [-0.39, 0.29) is 17.7 Å². The van der Waals surface area contributed by atoms with Crippen LogP contribution in [-0.2, 0) is 4.79 Å². The average molecular weight is 448 g/mol. The number of carbonyl (C=O) groups excluding carboxylic acids is 3. The summed E-state index contributed by atoms with van der Waals surface area (Å²) in [5.41, 5.74) is 0.897. The molecule has 1 aliphatic rings. The predicted molar refractivity (Wildman–Crippen MR) is 120 cm³/mol. The summed E-state index contributed by atoms with van der Waals surface area (Å²) in [5.74, 6) is -0.675. The zero-order chi connectivity index (χ0) is 21.9. The molecule has 1 aliphatic heterocycles. The lowest BCUT2D eigenvalue weighted by Gasteiger charge is -2.27. The van der Waals surface area contributed by atoms with E-state index in [1.54, 1.807) is 44.2 Å². The molecule has 0 atom stereocenters. The molecular weight excluding hydrogens is 422 g/mol. The van der Waals surface area contributed by atoms with E-state index in [0.717, 1.165) is 42.8 Å². The SMILES string of the molecule is Cc1cc(NC(=O)C(C)(C)NC(=O)c2ccc(Cl)s2)ccc1C(=O)N1CCCCC1. The maximum atomic E-state index is 12.8. The van der Waals surface area contributed by atoms with Gasteiger partial charge in [-0.2, -0.15) is 0 Å². The molecule has 0 saturated carbocycles. The Morgan fingerprint density at radius 2 is 1.77 bits per heavy atom. The summed E-state index contributed by atoms with van der Waals surface area (Å²) in [6, 6.07) is 8.52. The maximum absolute atomic E-state index is 12.8. The maximum Gasteiger partial charge on any atom is 0.262 e. The van der Waals surface area contributed by atoms with Gasteiger partial charge >= 0.3 is 0 Å². The molecule has 3 rings (SSSR count). The van der Waals surface area contributed by atoms with Gasteiger partial charge in [-0.1, -0.05) is 11.6 Å². The molecule has 0 bridgehead atoms. The molecule has 3 amide bonds. The number of halogens is 1. The monoisotopic (exact) mass is 447 g/mol. The highest BCUT2D eigenvalue weighted by atomic mass is 35.5. The minimum atomic E-state index is -1.14. The summed E-state index contributed by atoms with van der Waals surface area (Å²) in [5, 5.41) is 5.56. The van der Waals surface area contributed by atoms with Crippen molar-refractivity contribution in [3.63, 3.8) is 0 Å². The summed E-state index contributed by atoms with van der Waals surface area (Å²) in [7, 11) is 0. The Balaban J connectivity index is 1.66. The van der Waals surface area contributed by atoms with Gasteiger partial charge in [0.15, 0.2) is 0 Å². The molecule has 2 N–H and O–H groups in total. The number of nitrogens with zero attached hydrogens (tertiary/aromatic N) is 1. The number of thiophene rings is 1. The Kier molecular flexibility index (Phi) is 6.83. The number of aryl methyl sites for hydroxylation is 1. The van der Waals surface area contributed by atoms with Gasteiger partial charge in [0, 0.05) is 24.3 Å². The van der Waals surface area contributed by atoms with Crippen LogP contribution in [0.3, 0.4) is 0 Å². The van der Waals surface area contributed by atoms with Crippen LogP contribution >= 0.6 is 22.9 Å². The molecule has 160 valence electrons. The van der Waals surface area contributed by atoms with E-state index in [1.165, 1.54) is 6.42 Å². The molecule has 0 spiro atoms. The summed E-state index contributed by atoms with van der Waals surface area (Å²) < 4.78 is 0.511. The Hall–Kier alpha value is -2.38. The number of hydrogen-bond donors (Lipinski definition) is 2. The smallest absolute Gasteiger partial charge is 0.262 e. The summed E-state index contributed by atoms with van der Waals surface area (Å²) in [6.07, 6.45) is 3.24. The number of nitrogens with one attached hydrogen (secondary N) is 2. The fourth-order valence-corrected chi connectivity index (χ4v) is 4.31. The second-order valence-electron chi connectivity index (χ2n) is 8.02. The molecule has 1 aromatic carbocycles. The first-order chi connectivity index (χ1) is 14.2. The lowest BCUT2D eigenvalue weighted by atomic mass is 10.0. The molecule has 6 nitrogen and oxygen atoms in total. The minimum absolute atomic E-state index is 0.0345. The number of benzene rings is 1. The first-order valence-electron chi connectivity index (χ1n) is 9.96. The molecule has 0 radical (unpaired) electrons. The van der Waals surface area contributed by atoms with E-state index < -0.39 is 5.54 Å². The molecule has 1 saturated heterocycles. The second kappa shape index (κ2) is 9.18. The highest BCUT2D eigenvalue weighted by Crippen LogP contribution is 2.23. The van der Waals surface area contributed by atoms with E-state index in [1.807, 2.05) is 11.8 Å². The molecule has 2 aromatic rings. The molecule has 2 heterocycles. The van der Waals surface area contributed by atoms with Crippen molar-refractivity contribution in [2.45, 2.75) is 45.6 Å². The molecule has 1 aromatic heterocycles. The Labute approximate surface area is 185 Å². The highest BCUT2D eigenvalue weighted by molar-refractivity contribution is 7.18. The van der Waals surface area contributed by atoms with Crippen molar-refractivity contribution in [3.05, 3.63) is 50.7 Å². The standard InChI is InChI=1S/C22H26ClN3O3S/c1-14-13-15(7-8-16(14)20(28)26-11-5-4-6-12-26)24-21(29)22(2,3)25-19(27)17-9-10-18(23)30-17/h7-10,13H,4-6,11-12H2,1-3H3,(H,24,29)(H,25,27). The van der Waals surface area contributed by atoms with Gasteiger partial charge in [0.05, 0.1) is 9.21 Å². The minimum Gasteiger partial charge on any atom is -0.339 e. The van der Waals surface area contributed by atoms with Crippen LogP contribution in [0.2, 0.25) is 4.34 Å². The van der Waals surface area contributed by atoms with Gasteiger partial charge in [-0.15, -0.1) is 11.3 Å². The zero-order valence-corrected chi connectivity index (χ0v) is 19.0. The van der Waals surface area contributed by atoms with Crippen LogP contribution in [0, 0.1) is 6.92 Å². The number of amides is 3. The van der Waals surface area contributed by atoms with Gasteiger partial charge in [0.25, 0.3) is 11.8 Å². The number of anilines is 1. The average Bonchev–Trinajstić information content (AvgIpc) is 3.14. The lowest BCUT2D eigenvalue weighted by Crippen LogP contribution is -2.52. The number of rotatable bonds is 5. The third-order valence-corrected chi connectivity index (χ3v) is 6.38. The van der Waals surface area contributed by atoms with Crippen LogP contribution in [0.5, 0.6) is 0 Å². The second-order valence-corrected chi connectivity index (χ2v) is 9.73. The fraction of sp³-hybridized carbons (Fsp3) is 0.409. The Morgan fingerprint density at radius 3 is 2.37 bits per heavy atom. The Morgan fingerprint density at radius 1 is 1.07 bits per heavy atom. The first kappa shape index (κ1) is 22.3. The first-order valence-corrected chi connectivity index (χ1v) is 11.2. The molecule has 0 unspecified atom stereocenters. The summed E-state index contributed by atoms with van der Waals surface area (Å²) in [6.45, 7) is 6.72. The van der Waals surface area contributed by atoms with Crippen molar-refractivity contribution < 1.29 is 14.4 Å². The predicted octanol–water partition coefficient (Wildman–Crippen LogP) is 4.48. The van der Waals surface area contributed by atoms with Crippen LogP contribution in [0.4, 0.5) is 5.69 Å². The fourth-order valence-electron chi connectivity index (χ4n) is 3.37. The van der Waals surface area contributed by atoms with Crippen molar-refractivity contribution in [1.82, 2.24) is 10.2 Å². The van der Waals surface area contributed by atoms with Crippen molar-refractivity contribution in [1.29, 1.82) is 0 Å². The van der Waals surface area contributed by atoms with Crippen molar-refractivity contribution >= 4 is 46.3 Å².